The maximum absolute atomic E-state index is 9.27. The van der Waals surface area contributed by atoms with Crippen LogP contribution in [-0.4, -0.2) is 11.7 Å². The Bertz CT molecular complexity index is 166. The maximum atomic E-state index is 9.27. The van der Waals surface area contributed by atoms with E-state index in [0.29, 0.717) is 6.61 Å². The second kappa shape index (κ2) is 2.22. The third kappa shape index (κ3) is 0.868. The van der Waals surface area contributed by atoms with Crippen LogP contribution >= 0.6 is 0 Å². The molecule has 0 radical (unpaired) electrons. The molecular weight excluding hydrogens is 136 g/mol. The van der Waals surface area contributed by atoms with Gasteiger partial charge in [0.05, 0.1) is 0 Å². The highest BCUT2D eigenvalue weighted by molar-refractivity contribution is 5.01. The molecule has 2 aliphatic rings. The maximum Gasteiger partial charge on any atom is 0.0487 e. The first-order chi connectivity index (χ1) is 5.17. The highest BCUT2D eigenvalue weighted by Gasteiger charge is 2.51. The Morgan fingerprint density at radius 3 is 2.45 bits per heavy atom. The van der Waals surface area contributed by atoms with Crippen molar-refractivity contribution >= 4 is 0 Å². The zero-order valence-electron chi connectivity index (χ0n) is 7.51. The molecule has 64 valence electrons. The molecule has 0 amide bonds. The minimum absolute atomic E-state index is 0.280. The molecule has 2 aliphatic carbocycles. The summed E-state index contributed by atoms with van der Waals surface area (Å²) in [5, 5.41) is 9.27. The van der Waals surface area contributed by atoms with Gasteiger partial charge in [0.2, 0.25) is 0 Å². The summed E-state index contributed by atoms with van der Waals surface area (Å²) in [5.41, 5.74) is 0.280. The Labute approximate surface area is 68.8 Å². The van der Waals surface area contributed by atoms with Gasteiger partial charge in [0, 0.05) is 6.61 Å². The van der Waals surface area contributed by atoms with Gasteiger partial charge in [0.1, 0.15) is 0 Å². The van der Waals surface area contributed by atoms with E-state index in [2.05, 4.69) is 13.8 Å². The Kier molecular flexibility index (Phi) is 1.54. The predicted molar refractivity (Wildman–Crippen MR) is 45.2 cm³/mol. The largest absolute Gasteiger partial charge is 0.396 e. The summed E-state index contributed by atoms with van der Waals surface area (Å²) in [6, 6.07) is 0. The number of hydrogen-bond donors (Lipinski definition) is 1. The standard InChI is InChI=1S/C10H18O/c1-7-8-3-4-9(7)10(2,5-8)6-11/h7-9,11H,3-6H2,1-2H3/t7-,8-,9-,10+/m1/s1. The summed E-state index contributed by atoms with van der Waals surface area (Å²) in [6.45, 7) is 5.02. The lowest BCUT2D eigenvalue weighted by atomic mass is 9.75. The number of hydrogen-bond acceptors (Lipinski definition) is 1. The zero-order valence-corrected chi connectivity index (χ0v) is 7.51. The topological polar surface area (TPSA) is 20.2 Å². The molecule has 11 heavy (non-hydrogen) atoms. The molecule has 0 aromatic rings. The van der Waals surface area contributed by atoms with Crippen LogP contribution in [0.15, 0.2) is 0 Å². The van der Waals surface area contributed by atoms with Crippen molar-refractivity contribution in [3.8, 4) is 0 Å². The third-order valence-electron chi connectivity index (χ3n) is 4.21. The molecule has 1 nitrogen and oxygen atoms in total. The molecule has 4 atom stereocenters. The van der Waals surface area contributed by atoms with Crippen LogP contribution in [0.2, 0.25) is 0 Å². The predicted octanol–water partition coefficient (Wildman–Crippen LogP) is 2.05. The van der Waals surface area contributed by atoms with E-state index in [4.69, 9.17) is 0 Å². The molecule has 0 spiro atoms. The van der Waals surface area contributed by atoms with Crippen LogP contribution in [0.25, 0.3) is 0 Å². The lowest BCUT2D eigenvalue weighted by molar-refractivity contribution is 0.0784. The van der Waals surface area contributed by atoms with E-state index < -0.39 is 0 Å². The van der Waals surface area contributed by atoms with Gasteiger partial charge in [0.25, 0.3) is 0 Å². The highest BCUT2D eigenvalue weighted by Crippen LogP contribution is 2.58. The lowest BCUT2D eigenvalue weighted by Crippen LogP contribution is -2.28. The summed E-state index contributed by atoms with van der Waals surface area (Å²) in [5.74, 6) is 2.63. The van der Waals surface area contributed by atoms with Crippen LogP contribution in [0.4, 0.5) is 0 Å². The van der Waals surface area contributed by atoms with Crippen molar-refractivity contribution in [1.82, 2.24) is 0 Å². The van der Waals surface area contributed by atoms with E-state index >= 15 is 0 Å². The van der Waals surface area contributed by atoms with Crippen molar-refractivity contribution in [2.75, 3.05) is 6.61 Å². The van der Waals surface area contributed by atoms with Gasteiger partial charge in [-0.1, -0.05) is 13.8 Å². The Morgan fingerprint density at radius 1 is 1.45 bits per heavy atom. The van der Waals surface area contributed by atoms with Gasteiger partial charge in [-0.25, -0.2) is 0 Å². The van der Waals surface area contributed by atoms with E-state index in [1.807, 2.05) is 0 Å². The van der Waals surface area contributed by atoms with E-state index in [-0.39, 0.29) is 5.41 Å². The van der Waals surface area contributed by atoms with E-state index in [1.54, 1.807) is 0 Å². The SMILES string of the molecule is C[C@@H]1[C@@H]2CC[C@H]1[C@](C)(CO)C2. The fourth-order valence-electron chi connectivity index (χ4n) is 3.45. The number of aliphatic hydroxyl groups is 1. The van der Waals surface area contributed by atoms with Crippen molar-refractivity contribution in [3.63, 3.8) is 0 Å². The number of aliphatic hydroxyl groups excluding tert-OH is 1. The van der Waals surface area contributed by atoms with Crippen molar-refractivity contribution < 1.29 is 5.11 Å². The third-order valence-corrected chi connectivity index (χ3v) is 4.21. The molecule has 1 heteroatoms. The van der Waals surface area contributed by atoms with Crippen molar-refractivity contribution in [2.45, 2.75) is 33.1 Å². The normalized spacial score (nSPS) is 55.4. The number of rotatable bonds is 1. The van der Waals surface area contributed by atoms with Crippen LogP contribution < -0.4 is 0 Å². The van der Waals surface area contributed by atoms with E-state index in [9.17, 15) is 5.11 Å². The molecule has 0 aliphatic heterocycles. The smallest absolute Gasteiger partial charge is 0.0487 e. The molecule has 2 fully saturated rings. The summed E-state index contributed by atoms with van der Waals surface area (Å²) < 4.78 is 0. The van der Waals surface area contributed by atoms with Crippen LogP contribution in [0, 0.1) is 23.2 Å². The second-order valence-corrected chi connectivity index (χ2v) is 4.82. The molecule has 1 N–H and O–H groups in total. The Hall–Kier alpha value is -0.0400. The van der Waals surface area contributed by atoms with Crippen molar-refractivity contribution in [1.29, 1.82) is 0 Å². The zero-order chi connectivity index (χ0) is 8.06. The Morgan fingerprint density at radius 2 is 2.18 bits per heavy atom. The van der Waals surface area contributed by atoms with Crippen molar-refractivity contribution in [3.05, 3.63) is 0 Å². The van der Waals surface area contributed by atoms with Crippen LogP contribution in [0.1, 0.15) is 33.1 Å². The van der Waals surface area contributed by atoms with E-state index in [1.165, 1.54) is 19.3 Å². The van der Waals surface area contributed by atoms with Gasteiger partial charge in [-0.15, -0.1) is 0 Å². The van der Waals surface area contributed by atoms with Gasteiger partial charge in [-0.2, -0.15) is 0 Å². The van der Waals surface area contributed by atoms with Gasteiger partial charge in [-0.3, -0.25) is 0 Å². The summed E-state index contributed by atoms with van der Waals surface area (Å²) in [4.78, 5) is 0. The summed E-state index contributed by atoms with van der Waals surface area (Å²) in [7, 11) is 0. The van der Waals surface area contributed by atoms with Crippen molar-refractivity contribution in [2.24, 2.45) is 23.2 Å². The molecule has 0 aromatic heterocycles. The Balaban J connectivity index is 2.20. The fourth-order valence-corrected chi connectivity index (χ4v) is 3.45. The first-order valence-electron chi connectivity index (χ1n) is 4.78. The lowest BCUT2D eigenvalue weighted by Gasteiger charge is -2.32. The molecule has 0 unspecified atom stereocenters. The highest BCUT2D eigenvalue weighted by atomic mass is 16.3. The summed E-state index contributed by atoms with van der Waals surface area (Å²) >= 11 is 0. The molecule has 0 saturated heterocycles. The summed E-state index contributed by atoms with van der Waals surface area (Å²) in [6.07, 6.45) is 4.06. The molecule has 0 aromatic carbocycles. The first-order valence-corrected chi connectivity index (χ1v) is 4.78. The second-order valence-electron chi connectivity index (χ2n) is 4.82. The average Bonchev–Trinajstić information content (AvgIpc) is 2.44. The van der Waals surface area contributed by atoms with E-state index in [0.717, 1.165) is 17.8 Å². The van der Waals surface area contributed by atoms with Gasteiger partial charge < -0.3 is 5.11 Å². The minimum Gasteiger partial charge on any atom is -0.396 e. The molecular formula is C10H18O. The monoisotopic (exact) mass is 154 g/mol. The molecule has 2 bridgehead atoms. The molecule has 0 heterocycles. The number of fused-ring (bicyclic) bond motifs is 2. The van der Waals surface area contributed by atoms with Gasteiger partial charge >= 0.3 is 0 Å². The average molecular weight is 154 g/mol. The van der Waals surface area contributed by atoms with Gasteiger partial charge in [0.15, 0.2) is 0 Å². The quantitative estimate of drug-likeness (QED) is 0.613. The van der Waals surface area contributed by atoms with Gasteiger partial charge in [-0.05, 0) is 42.4 Å². The fraction of sp³-hybridized carbons (Fsp3) is 1.00. The minimum atomic E-state index is 0.280. The van der Waals surface area contributed by atoms with Crippen LogP contribution in [-0.2, 0) is 0 Å². The molecule has 2 saturated carbocycles. The van der Waals surface area contributed by atoms with Crippen LogP contribution in [0.5, 0.6) is 0 Å². The first kappa shape index (κ1) is 7.60. The van der Waals surface area contributed by atoms with Crippen LogP contribution in [0.3, 0.4) is 0 Å². The molecule has 2 rings (SSSR count).